The largest absolute Gasteiger partial charge is 0.465 e. The van der Waals surface area contributed by atoms with Crippen molar-refractivity contribution in [3.05, 3.63) is 90.0 Å². The molecule has 0 radical (unpaired) electrons. The van der Waals surface area contributed by atoms with Gasteiger partial charge in [-0.05, 0) is 68.3 Å². The molecule has 0 aliphatic heterocycles. The van der Waals surface area contributed by atoms with E-state index < -0.39 is 23.6 Å². The number of aryl methyl sites for hydroxylation is 2. The van der Waals surface area contributed by atoms with E-state index in [9.17, 15) is 19.2 Å². The lowest BCUT2D eigenvalue weighted by atomic mass is 10.0. The molecule has 4 rings (SSSR count). The second-order valence-electron chi connectivity index (χ2n) is 10.6. The number of carbonyl (C=O) groups is 4. The van der Waals surface area contributed by atoms with Crippen LogP contribution in [0.5, 0.6) is 0 Å². The average Bonchev–Trinajstić information content (AvgIpc) is 3.48. The number of amides is 3. The fourth-order valence-corrected chi connectivity index (χ4v) is 4.22. The number of carbonyl (C=O) groups excluding carboxylic acids is 4. The Morgan fingerprint density at radius 1 is 0.690 bits per heavy atom. The van der Waals surface area contributed by atoms with Gasteiger partial charge in [-0.25, -0.2) is 9.59 Å². The van der Waals surface area contributed by atoms with Crippen LogP contribution in [0.2, 0.25) is 0 Å². The van der Waals surface area contributed by atoms with E-state index in [-0.39, 0.29) is 5.91 Å². The van der Waals surface area contributed by atoms with E-state index >= 15 is 0 Å². The summed E-state index contributed by atoms with van der Waals surface area (Å²) in [7, 11) is 4.72. The van der Waals surface area contributed by atoms with Crippen molar-refractivity contribution in [2.45, 2.75) is 26.4 Å². The van der Waals surface area contributed by atoms with Crippen LogP contribution in [0.3, 0.4) is 0 Å². The molecule has 0 unspecified atom stereocenters. The first-order valence-electron chi connectivity index (χ1n) is 13.1. The van der Waals surface area contributed by atoms with Crippen LogP contribution in [0.25, 0.3) is 11.1 Å². The van der Waals surface area contributed by atoms with Gasteiger partial charge < -0.3 is 29.2 Å². The van der Waals surface area contributed by atoms with Crippen molar-refractivity contribution < 1.29 is 28.7 Å². The fraction of sp³-hybridized carbons (Fsp3) is 0.226. The Balaban J connectivity index is 1.40. The molecule has 11 nitrogen and oxygen atoms in total. The molecule has 2 aromatic carbocycles. The lowest BCUT2D eigenvalue weighted by molar-refractivity contribution is 0.0598. The zero-order valence-electron chi connectivity index (χ0n) is 24.3. The Morgan fingerprint density at radius 3 is 1.79 bits per heavy atom. The number of hydrogen-bond donors (Lipinski definition) is 3. The number of ether oxygens (including phenoxy) is 2. The van der Waals surface area contributed by atoms with Crippen molar-refractivity contribution in [3.8, 4) is 11.1 Å². The van der Waals surface area contributed by atoms with E-state index in [0.29, 0.717) is 34.0 Å². The molecule has 0 spiro atoms. The number of nitrogens with one attached hydrogen (secondary N) is 3. The number of nitrogens with zero attached hydrogens (tertiary/aromatic N) is 2. The molecule has 0 aliphatic carbocycles. The zero-order chi connectivity index (χ0) is 30.6. The predicted octanol–water partition coefficient (Wildman–Crippen LogP) is 5.67. The minimum Gasteiger partial charge on any atom is -0.465 e. The molecule has 0 atom stereocenters. The second-order valence-corrected chi connectivity index (χ2v) is 10.6. The monoisotopic (exact) mass is 571 g/mol. The smallest absolute Gasteiger partial charge is 0.412 e. The van der Waals surface area contributed by atoms with Crippen LogP contribution in [0.1, 0.15) is 52.1 Å². The molecular formula is C31H33N5O6. The molecule has 0 fully saturated rings. The van der Waals surface area contributed by atoms with Crippen LogP contribution in [0, 0.1) is 0 Å². The highest BCUT2D eigenvalue weighted by molar-refractivity contribution is 6.07. The van der Waals surface area contributed by atoms with Gasteiger partial charge in [0.2, 0.25) is 0 Å². The van der Waals surface area contributed by atoms with E-state index in [4.69, 9.17) is 9.47 Å². The first-order valence-corrected chi connectivity index (χ1v) is 13.1. The molecule has 42 heavy (non-hydrogen) atoms. The molecule has 2 aromatic heterocycles. The summed E-state index contributed by atoms with van der Waals surface area (Å²) in [5, 5.41) is 8.26. The molecule has 218 valence electrons. The Morgan fingerprint density at radius 2 is 1.24 bits per heavy atom. The second kappa shape index (κ2) is 12.0. The first-order chi connectivity index (χ1) is 19.8. The SMILES string of the molecule is COC(=O)c1cccc(-c2ccc(NC(=O)c3cc(NC(=O)c4cc(NC(=O)OC(C)(C)C)cn4C)cn3C)cc2)c1. The average molecular weight is 572 g/mol. The number of hydrogen-bond acceptors (Lipinski definition) is 6. The first kappa shape index (κ1) is 29.7. The number of rotatable bonds is 7. The van der Waals surface area contributed by atoms with Gasteiger partial charge in [0.05, 0.1) is 24.0 Å². The summed E-state index contributed by atoms with van der Waals surface area (Å²) < 4.78 is 13.2. The van der Waals surface area contributed by atoms with Crippen molar-refractivity contribution in [3.63, 3.8) is 0 Å². The maximum atomic E-state index is 13.0. The molecule has 0 aliphatic rings. The van der Waals surface area contributed by atoms with Gasteiger partial charge in [-0.1, -0.05) is 24.3 Å². The number of benzene rings is 2. The summed E-state index contributed by atoms with van der Waals surface area (Å²) in [5.41, 5.74) is 3.55. The molecule has 0 bridgehead atoms. The van der Waals surface area contributed by atoms with E-state index in [1.54, 1.807) is 92.8 Å². The summed E-state index contributed by atoms with van der Waals surface area (Å²) in [4.78, 5) is 49.9. The topological polar surface area (TPSA) is 133 Å². The van der Waals surface area contributed by atoms with E-state index in [1.807, 2.05) is 18.2 Å². The Kier molecular flexibility index (Phi) is 8.51. The molecule has 4 aromatic rings. The lowest BCUT2D eigenvalue weighted by Gasteiger charge is -2.19. The number of anilines is 3. The summed E-state index contributed by atoms with van der Waals surface area (Å²) in [6, 6.07) is 17.4. The number of esters is 1. The molecule has 0 saturated heterocycles. The highest BCUT2D eigenvalue weighted by Crippen LogP contribution is 2.24. The van der Waals surface area contributed by atoms with Gasteiger partial charge in [-0.15, -0.1) is 0 Å². The van der Waals surface area contributed by atoms with Gasteiger partial charge in [0, 0.05) is 32.2 Å². The number of aromatic nitrogens is 2. The van der Waals surface area contributed by atoms with Gasteiger partial charge in [0.1, 0.15) is 17.0 Å². The van der Waals surface area contributed by atoms with E-state index in [0.717, 1.165) is 11.1 Å². The highest BCUT2D eigenvalue weighted by atomic mass is 16.6. The number of methoxy groups -OCH3 is 1. The van der Waals surface area contributed by atoms with Gasteiger partial charge in [0.15, 0.2) is 0 Å². The fourth-order valence-electron chi connectivity index (χ4n) is 4.22. The Labute approximate surface area is 243 Å². The van der Waals surface area contributed by atoms with E-state index in [2.05, 4.69) is 16.0 Å². The van der Waals surface area contributed by atoms with Crippen molar-refractivity contribution >= 4 is 40.9 Å². The molecular weight excluding hydrogens is 538 g/mol. The maximum Gasteiger partial charge on any atom is 0.412 e. The molecule has 11 heteroatoms. The summed E-state index contributed by atoms with van der Waals surface area (Å²) >= 11 is 0. The molecule has 0 saturated carbocycles. The van der Waals surface area contributed by atoms with E-state index in [1.165, 1.54) is 13.2 Å². The van der Waals surface area contributed by atoms with Crippen LogP contribution in [-0.2, 0) is 23.6 Å². The summed E-state index contributed by atoms with van der Waals surface area (Å²) in [6.45, 7) is 5.28. The maximum absolute atomic E-state index is 13.0. The van der Waals surface area contributed by atoms with Gasteiger partial charge in [0.25, 0.3) is 11.8 Å². The third kappa shape index (κ3) is 7.25. The highest BCUT2D eigenvalue weighted by Gasteiger charge is 2.20. The minimum absolute atomic E-state index is 0.299. The minimum atomic E-state index is -0.653. The summed E-state index contributed by atoms with van der Waals surface area (Å²) in [6.07, 6.45) is 2.61. The van der Waals surface area contributed by atoms with Crippen molar-refractivity contribution in [2.75, 3.05) is 23.1 Å². The standard InChI is InChI=1S/C31H33N5O6/c1-31(2,3)42-30(40)34-24-16-26(36(5)18-24)28(38)33-23-15-25(35(4)17-23)27(37)32-22-12-10-19(11-13-22)20-8-7-9-21(14-20)29(39)41-6/h7-18H,1-6H3,(H,32,37)(H,33,38)(H,34,40). The van der Waals surface area contributed by atoms with Crippen LogP contribution in [-0.4, -0.2) is 45.7 Å². The van der Waals surface area contributed by atoms with Crippen molar-refractivity contribution in [2.24, 2.45) is 14.1 Å². The molecule has 2 heterocycles. The van der Waals surface area contributed by atoms with Crippen LogP contribution in [0.15, 0.2) is 73.1 Å². The Bertz CT molecular complexity index is 1640. The van der Waals surface area contributed by atoms with Gasteiger partial charge in [-0.2, -0.15) is 0 Å². The summed E-state index contributed by atoms with van der Waals surface area (Å²) in [5.74, 6) is -1.19. The van der Waals surface area contributed by atoms with Crippen molar-refractivity contribution in [1.29, 1.82) is 0 Å². The third-order valence-corrected chi connectivity index (χ3v) is 6.14. The van der Waals surface area contributed by atoms with Gasteiger partial charge >= 0.3 is 12.1 Å². The third-order valence-electron chi connectivity index (χ3n) is 6.14. The molecule has 3 N–H and O–H groups in total. The van der Waals surface area contributed by atoms with Gasteiger partial charge in [-0.3, -0.25) is 14.9 Å². The van der Waals surface area contributed by atoms with Crippen LogP contribution >= 0.6 is 0 Å². The van der Waals surface area contributed by atoms with Crippen LogP contribution in [0.4, 0.5) is 21.9 Å². The van der Waals surface area contributed by atoms with Crippen molar-refractivity contribution in [1.82, 2.24) is 9.13 Å². The van der Waals surface area contributed by atoms with Crippen LogP contribution < -0.4 is 16.0 Å². The quantitative estimate of drug-likeness (QED) is 0.245. The predicted molar refractivity (Wildman–Crippen MR) is 160 cm³/mol. The molecule has 3 amide bonds. The Hall–Kier alpha value is -5.32. The zero-order valence-corrected chi connectivity index (χ0v) is 24.3. The normalized spacial score (nSPS) is 11.0. The lowest BCUT2D eigenvalue weighted by Crippen LogP contribution is -2.27.